The molecule has 1 aliphatic heterocycles. The van der Waals surface area contributed by atoms with Gasteiger partial charge in [-0.3, -0.25) is 4.90 Å². The van der Waals surface area contributed by atoms with Gasteiger partial charge in [0.2, 0.25) is 0 Å². The fraction of sp³-hybridized carbons (Fsp3) is 0.353. The molecule has 0 atom stereocenters. The standard InChI is InChI=1S/C17H18F3N3O/c18-17(19,20)24-15-6-7-16(21-12-15)23-10-8-22(9-11-23)13-14-4-2-1-3-5-14/h1-7,12H,8-11,13H2. The zero-order valence-corrected chi connectivity index (χ0v) is 13.0. The van der Waals surface area contributed by atoms with Crippen LogP contribution in [-0.2, 0) is 6.54 Å². The van der Waals surface area contributed by atoms with Gasteiger partial charge in [-0.1, -0.05) is 30.3 Å². The maximum Gasteiger partial charge on any atom is 0.573 e. The molecule has 1 fully saturated rings. The zero-order valence-electron chi connectivity index (χ0n) is 13.0. The minimum Gasteiger partial charge on any atom is -0.404 e. The number of alkyl halides is 3. The van der Waals surface area contributed by atoms with Gasteiger partial charge in [-0.05, 0) is 17.7 Å². The van der Waals surface area contributed by atoms with Crippen molar-refractivity contribution in [1.29, 1.82) is 0 Å². The van der Waals surface area contributed by atoms with Crippen molar-refractivity contribution in [1.82, 2.24) is 9.88 Å². The van der Waals surface area contributed by atoms with E-state index in [9.17, 15) is 13.2 Å². The molecular formula is C17H18F3N3O. The third-order valence-corrected chi connectivity index (χ3v) is 3.90. The Morgan fingerprint density at radius 3 is 2.25 bits per heavy atom. The summed E-state index contributed by atoms with van der Waals surface area (Å²) in [6.07, 6.45) is -3.58. The summed E-state index contributed by atoms with van der Waals surface area (Å²) in [5.74, 6) is 0.373. The van der Waals surface area contributed by atoms with Crippen molar-refractivity contribution in [2.24, 2.45) is 0 Å². The molecule has 4 nitrogen and oxygen atoms in total. The molecule has 7 heteroatoms. The highest BCUT2D eigenvalue weighted by atomic mass is 19.4. The topological polar surface area (TPSA) is 28.6 Å². The van der Waals surface area contributed by atoms with E-state index in [4.69, 9.17) is 0 Å². The Bertz CT molecular complexity index is 638. The quantitative estimate of drug-likeness (QED) is 0.856. The van der Waals surface area contributed by atoms with Crippen molar-refractivity contribution in [2.45, 2.75) is 12.9 Å². The normalized spacial score (nSPS) is 16.2. The average molecular weight is 337 g/mol. The first-order chi connectivity index (χ1) is 11.5. The number of benzene rings is 1. The van der Waals surface area contributed by atoms with E-state index in [2.05, 4.69) is 31.7 Å². The molecule has 1 aromatic heterocycles. The number of hydrogen-bond acceptors (Lipinski definition) is 4. The third kappa shape index (κ3) is 4.61. The number of piperazine rings is 1. The summed E-state index contributed by atoms with van der Waals surface area (Å²) < 4.78 is 40.3. The minimum atomic E-state index is -4.69. The highest BCUT2D eigenvalue weighted by Crippen LogP contribution is 2.24. The first-order valence-corrected chi connectivity index (χ1v) is 7.73. The predicted octanol–water partition coefficient (Wildman–Crippen LogP) is 3.30. The van der Waals surface area contributed by atoms with Crippen molar-refractivity contribution in [2.75, 3.05) is 31.1 Å². The van der Waals surface area contributed by atoms with Crippen LogP contribution in [0.2, 0.25) is 0 Å². The van der Waals surface area contributed by atoms with Crippen LogP contribution in [0.4, 0.5) is 19.0 Å². The lowest BCUT2D eigenvalue weighted by Crippen LogP contribution is -2.46. The van der Waals surface area contributed by atoms with Gasteiger partial charge in [0, 0.05) is 32.7 Å². The van der Waals surface area contributed by atoms with Gasteiger partial charge in [0.25, 0.3) is 0 Å². The summed E-state index contributed by atoms with van der Waals surface area (Å²) in [4.78, 5) is 8.50. The number of halogens is 3. The third-order valence-electron chi connectivity index (χ3n) is 3.90. The Balaban J connectivity index is 1.53. The van der Waals surface area contributed by atoms with E-state index >= 15 is 0 Å². The molecule has 24 heavy (non-hydrogen) atoms. The van der Waals surface area contributed by atoms with Crippen molar-refractivity contribution in [3.05, 3.63) is 54.2 Å². The first kappa shape index (κ1) is 16.6. The molecule has 0 spiro atoms. The smallest absolute Gasteiger partial charge is 0.404 e. The van der Waals surface area contributed by atoms with Crippen LogP contribution < -0.4 is 9.64 Å². The number of hydrogen-bond donors (Lipinski definition) is 0. The molecule has 128 valence electrons. The van der Waals surface area contributed by atoms with E-state index in [0.717, 1.165) is 38.9 Å². The Hall–Kier alpha value is -2.28. The predicted molar refractivity (Wildman–Crippen MR) is 84.9 cm³/mol. The Labute approximate surface area is 138 Å². The van der Waals surface area contributed by atoms with Crippen molar-refractivity contribution in [3.63, 3.8) is 0 Å². The fourth-order valence-electron chi connectivity index (χ4n) is 2.73. The van der Waals surface area contributed by atoms with Gasteiger partial charge in [0.1, 0.15) is 11.6 Å². The van der Waals surface area contributed by atoms with Crippen molar-refractivity contribution >= 4 is 5.82 Å². The second-order valence-corrected chi connectivity index (χ2v) is 5.65. The van der Waals surface area contributed by atoms with Crippen LogP contribution in [0.5, 0.6) is 5.75 Å². The minimum absolute atomic E-state index is 0.297. The van der Waals surface area contributed by atoms with Gasteiger partial charge in [0.15, 0.2) is 0 Å². The number of ether oxygens (including phenoxy) is 1. The molecule has 0 saturated carbocycles. The van der Waals surface area contributed by atoms with Crippen LogP contribution in [0.15, 0.2) is 48.7 Å². The molecular weight excluding hydrogens is 319 g/mol. The Kier molecular flexibility index (Phi) is 4.89. The fourth-order valence-corrected chi connectivity index (χ4v) is 2.73. The number of rotatable bonds is 4. The van der Waals surface area contributed by atoms with Crippen molar-refractivity contribution < 1.29 is 17.9 Å². The lowest BCUT2D eigenvalue weighted by atomic mass is 10.2. The summed E-state index contributed by atoms with van der Waals surface area (Å²) in [5.41, 5.74) is 1.28. The average Bonchev–Trinajstić information content (AvgIpc) is 2.56. The van der Waals surface area contributed by atoms with Gasteiger partial charge in [-0.2, -0.15) is 0 Å². The summed E-state index contributed by atoms with van der Waals surface area (Å²) in [6.45, 7) is 4.26. The number of nitrogens with zero attached hydrogens (tertiary/aromatic N) is 3. The van der Waals surface area contributed by atoms with Gasteiger partial charge >= 0.3 is 6.36 Å². The molecule has 1 aliphatic rings. The van der Waals surface area contributed by atoms with Crippen LogP contribution in [-0.4, -0.2) is 42.4 Å². The van der Waals surface area contributed by atoms with Gasteiger partial charge in [-0.15, -0.1) is 13.2 Å². The van der Waals surface area contributed by atoms with Crippen LogP contribution in [0.3, 0.4) is 0 Å². The SMILES string of the molecule is FC(F)(F)Oc1ccc(N2CCN(Cc3ccccc3)CC2)nc1. The molecule has 0 bridgehead atoms. The molecule has 1 saturated heterocycles. The van der Waals surface area contributed by atoms with E-state index in [1.54, 1.807) is 6.07 Å². The van der Waals surface area contributed by atoms with Crippen molar-refractivity contribution in [3.8, 4) is 5.75 Å². The molecule has 0 aliphatic carbocycles. The second kappa shape index (κ2) is 7.09. The lowest BCUT2D eigenvalue weighted by molar-refractivity contribution is -0.274. The van der Waals surface area contributed by atoms with Crippen LogP contribution in [0.1, 0.15) is 5.56 Å². The molecule has 0 N–H and O–H groups in total. The van der Waals surface area contributed by atoms with Crippen LogP contribution >= 0.6 is 0 Å². The summed E-state index contributed by atoms with van der Waals surface area (Å²) in [5, 5.41) is 0. The first-order valence-electron chi connectivity index (χ1n) is 7.73. The summed E-state index contributed by atoms with van der Waals surface area (Å²) in [7, 11) is 0. The molecule has 0 radical (unpaired) electrons. The van der Waals surface area contributed by atoms with E-state index in [0.29, 0.717) is 5.82 Å². The van der Waals surface area contributed by atoms with E-state index < -0.39 is 6.36 Å². The number of aromatic nitrogens is 1. The molecule has 2 heterocycles. The molecule has 0 unspecified atom stereocenters. The highest BCUT2D eigenvalue weighted by molar-refractivity contribution is 5.41. The van der Waals surface area contributed by atoms with E-state index in [1.807, 2.05) is 18.2 Å². The monoisotopic (exact) mass is 337 g/mol. The second-order valence-electron chi connectivity index (χ2n) is 5.65. The maximum atomic E-state index is 12.2. The summed E-state index contributed by atoms with van der Waals surface area (Å²) in [6, 6.07) is 13.1. The number of pyridine rings is 1. The molecule has 0 amide bonds. The highest BCUT2D eigenvalue weighted by Gasteiger charge is 2.31. The largest absolute Gasteiger partial charge is 0.573 e. The lowest BCUT2D eigenvalue weighted by Gasteiger charge is -2.35. The molecule has 1 aromatic carbocycles. The Morgan fingerprint density at radius 2 is 1.67 bits per heavy atom. The molecule has 2 aromatic rings. The van der Waals surface area contributed by atoms with Gasteiger partial charge in [0.05, 0.1) is 6.20 Å². The molecule has 3 rings (SSSR count). The summed E-state index contributed by atoms with van der Waals surface area (Å²) >= 11 is 0. The Morgan fingerprint density at radius 1 is 0.958 bits per heavy atom. The van der Waals surface area contributed by atoms with Crippen LogP contribution in [0.25, 0.3) is 0 Å². The maximum absolute atomic E-state index is 12.2. The zero-order chi connectivity index (χ0) is 17.0. The number of anilines is 1. The van der Waals surface area contributed by atoms with Gasteiger partial charge in [-0.25, -0.2) is 4.98 Å². The van der Waals surface area contributed by atoms with E-state index in [-0.39, 0.29) is 5.75 Å². The van der Waals surface area contributed by atoms with Gasteiger partial charge < -0.3 is 9.64 Å². The van der Waals surface area contributed by atoms with Crippen LogP contribution in [0, 0.1) is 0 Å². The van der Waals surface area contributed by atoms with E-state index in [1.165, 1.54) is 11.6 Å².